The maximum absolute atomic E-state index is 13.3. The zero-order chi connectivity index (χ0) is 14.8. The monoisotopic (exact) mass is 344 g/mol. The van der Waals surface area contributed by atoms with Crippen molar-refractivity contribution in [3.63, 3.8) is 0 Å². The number of nitrogens with one attached hydrogen (secondary N) is 1. The van der Waals surface area contributed by atoms with Crippen molar-refractivity contribution in [1.29, 1.82) is 0 Å². The van der Waals surface area contributed by atoms with Crippen LogP contribution in [0.4, 0.5) is 10.1 Å². The fourth-order valence-corrected chi connectivity index (χ4v) is 2.73. The quantitative estimate of drug-likeness (QED) is 0.696. The Bertz CT molecular complexity index is 783. The molecule has 0 aliphatic carbocycles. The van der Waals surface area contributed by atoms with E-state index in [4.69, 9.17) is 0 Å². The Morgan fingerprint density at radius 2 is 2.05 bits per heavy atom. The number of aromatic nitrogens is 1. The van der Waals surface area contributed by atoms with E-state index in [2.05, 4.69) is 39.2 Å². The third-order valence-corrected chi connectivity index (χ3v) is 4.11. The second kappa shape index (κ2) is 5.82. The van der Waals surface area contributed by atoms with Gasteiger partial charge in [-0.2, -0.15) is 0 Å². The summed E-state index contributed by atoms with van der Waals surface area (Å²) in [6.07, 6.45) is 3.64. The topological polar surface area (TPSA) is 24.9 Å². The molecule has 2 nitrogen and oxygen atoms in total. The average molecular weight is 345 g/mol. The lowest BCUT2D eigenvalue weighted by atomic mass is 10.1. The molecule has 1 aromatic heterocycles. The predicted octanol–water partition coefficient (Wildman–Crippen LogP) is 5.31. The molecular formula is C17H14BrFN2. The molecule has 0 fully saturated rings. The summed E-state index contributed by atoms with van der Waals surface area (Å²) in [5.74, 6) is -0.250. The van der Waals surface area contributed by atoms with Gasteiger partial charge in [0.2, 0.25) is 0 Å². The Labute approximate surface area is 131 Å². The molecule has 1 heterocycles. The van der Waals surface area contributed by atoms with E-state index in [0.717, 1.165) is 22.0 Å². The van der Waals surface area contributed by atoms with E-state index in [1.807, 2.05) is 24.4 Å². The zero-order valence-corrected chi connectivity index (χ0v) is 13.1. The van der Waals surface area contributed by atoms with Crippen LogP contribution in [0.25, 0.3) is 10.8 Å². The standard InChI is InChI=1S/C17H14BrFN2/c1-11(13-5-6-16(19)15(18)9-13)21-17-4-2-3-12-7-8-20-10-14(12)17/h2-11,21H,1H3. The van der Waals surface area contributed by atoms with Gasteiger partial charge in [0.05, 0.1) is 4.47 Å². The summed E-state index contributed by atoms with van der Waals surface area (Å²) in [5.41, 5.74) is 2.04. The van der Waals surface area contributed by atoms with E-state index in [-0.39, 0.29) is 11.9 Å². The van der Waals surface area contributed by atoms with E-state index in [1.54, 1.807) is 18.3 Å². The van der Waals surface area contributed by atoms with Crippen LogP contribution in [-0.4, -0.2) is 4.98 Å². The predicted molar refractivity (Wildman–Crippen MR) is 87.9 cm³/mol. The summed E-state index contributed by atoms with van der Waals surface area (Å²) < 4.78 is 13.8. The number of anilines is 1. The third-order valence-electron chi connectivity index (χ3n) is 3.50. The molecule has 0 saturated heterocycles. The van der Waals surface area contributed by atoms with Gasteiger partial charge in [0.1, 0.15) is 5.82 Å². The van der Waals surface area contributed by atoms with E-state index in [1.165, 1.54) is 6.07 Å². The van der Waals surface area contributed by atoms with Crippen molar-refractivity contribution in [3.8, 4) is 0 Å². The molecule has 1 atom stereocenters. The highest BCUT2D eigenvalue weighted by Gasteiger charge is 2.09. The number of rotatable bonds is 3. The van der Waals surface area contributed by atoms with Gasteiger partial charge in [-0.1, -0.05) is 18.2 Å². The zero-order valence-electron chi connectivity index (χ0n) is 11.5. The van der Waals surface area contributed by atoms with Crippen LogP contribution in [0, 0.1) is 5.82 Å². The number of fused-ring (bicyclic) bond motifs is 1. The Morgan fingerprint density at radius 1 is 1.19 bits per heavy atom. The van der Waals surface area contributed by atoms with Gasteiger partial charge in [0.15, 0.2) is 0 Å². The van der Waals surface area contributed by atoms with E-state index < -0.39 is 0 Å². The summed E-state index contributed by atoms with van der Waals surface area (Å²) in [7, 11) is 0. The maximum Gasteiger partial charge on any atom is 0.137 e. The van der Waals surface area contributed by atoms with Crippen molar-refractivity contribution in [2.75, 3.05) is 5.32 Å². The van der Waals surface area contributed by atoms with Gasteiger partial charge in [-0.15, -0.1) is 0 Å². The molecular weight excluding hydrogens is 331 g/mol. The highest BCUT2D eigenvalue weighted by molar-refractivity contribution is 9.10. The first kappa shape index (κ1) is 14.0. The number of pyridine rings is 1. The van der Waals surface area contributed by atoms with Gasteiger partial charge in [-0.05, 0) is 58.1 Å². The molecule has 2 aromatic carbocycles. The van der Waals surface area contributed by atoms with E-state index >= 15 is 0 Å². The summed E-state index contributed by atoms with van der Waals surface area (Å²) in [5, 5.41) is 5.68. The fourth-order valence-electron chi connectivity index (χ4n) is 2.34. The highest BCUT2D eigenvalue weighted by atomic mass is 79.9. The Hall–Kier alpha value is -1.94. The van der Waals surface area contributed by atoms with Crippen LogP contribution in [0.3, 0.4) is 0 Å². The van der Waals surface area contributed by atoms with Gasteiger partial charge in [0.25, 0.3) is 0 Å². The second-order valence-electron chi connectivity index (χ2n) is 4.94. The van der Waals surface area contributed by atoms with E-state index in [9.17, 15) is 4.39 Å². The molecule has 0 amide bonds. The van der Waals surface area contributed by atoms with Gasteiger partial charge >= 0.3 is 0 Å². The molecule has 1 N–H and O–H groups in total. The Kier molecular flexibility index (Phi) is 3.88. The Balaban J connectivity index is 1.92. The maximum atomic E-state index is 13.3. The van der Waals surface area contributed by atoms with Crippen molar-refractivity contribution in [2.45, 2.75) is 13.0 Å². The van der Waals surface area contributed by atoms with Crippen LogP contribution in [0.5, 0.6) is 0 Å². The lowest BCUT2D eigenvalue weighted by Crippen LogP contribution is -2.07. The highest BCUT2D eigenvalue weighted by Crippen LogP contribution is 2.28. The molecule has 106 valence electrons. The van der Waals surface area contributed by atoms with Crippen LogP contribution in [0.2, 0.25) is 0 Å². The molecule has 1 unspecified atom stereocenters. The lowest BCUT2D eigenvalue weighted by molar-refractivity contribution is 0.619. The smallest absolute Gasteiger partial charge is 0.137 e. The summed E-state index contributed by atoms with van der Waals surface area (Å²) in [4.78, 5) is 4.18. The van der Waals surface area contributed by atoms with E-state index in [0.29, 0.717) is 4.47 Å². The first-order chi connectivity index (χ1) is 10.1. The second-order valence-corrected chi connectivity index (χ2v) is 5.80. The van der Waals surface area contributed by atoms with Gasteiger partial charge in [-0.3, -0.25) is 4.98 Å². The van der Waals surface area contributed by atoms with Crippen LogP contribution in [-0.2, 0) is 0 Å². The van der Waals surface area contributed by atoms with Crippen molar-refractivity contribution in [1.82, 2.24) is 4.98 Å². The van der Waals surface area contributed by atoms with Crippen molar-refractivity contribution in [2.24, 2.45) is 0 Å². The molecule has 3 aromatic rings. The number of hydrogen-bond acceptors (Lipinski definition) is 2. The molecule has 0 radical (unpaired) electrons. The lowest BCUT2D eigenvalue weighted by Gasteiger charge is -2.17. The number of hydrogen-bond donors (Lipinski definition) is 1. The first-order valence-corrected chi connectivity index (χ1v) is 7.48. The molecule has 0 aliphatic rings. The van der Waals surface area contributed by atoms with Gasteiger partial charge < -0.3 is 5.32 Å². The molecule has 0 spiro atoms. The molecule has 4 heteroatoms. The number of nitrogens with zero attached hydrogens (tertiary/aromatic N) is 1. The first-order valence-electron chi connectivity index (χ1n) is 6.69. The van der Waals surface area contributed by atoms with Gasteiger partial charge in [-0.25, -0.2) is 4.39 Å². The summed E-state index contributed by atoms with van der Waals surface area (Å²) >= 11 is 3.23. The summed E-state index contributed by atoms with van der Waals surface area (Å²) in [6, 6.07) is 13.2. The number of benzene rings is 2. The van der Waals surface area contributed by atoms with Gasteiger partial charge in [0, 0.05) is 29.5 Å². The minimum absolute atomic E-state index is 0.0627. The third kappa shape index (κ3) is 2.90. The molecule has 3 rings (SSSR count). The molecule has 21 heavy (non-hydrogen) atoms. The fraction of sp³-hybridized carbons (Fsp3) is 0.118. The summed E-state index contributed by atoms with van der Waals surface area (Å²) in [6.45, 7) is 2.05. The van der Waals surface area contributed by atoms with Crippen molar-refractivity contribution in [3.05, 3.63) is 70.7 Å². The van der Waals surface area contributed by atoms with Crippen LogP contribution in [0.15, 0.2) is 59.3 Å². The van der Waals surface area contributed by atoms with Crippen LogP contribution in [0.1, 0.15) is 18.5 Å². The molecule has 0 saturated carbocycles. The minimum Gasteiger partial charge on any atom is -0.378 e. The van der Waals surface area contributed by atoms with Crippen molar-refractivity contribution < 1.29 is 4.39 Å². The van der Waals surface area contributed by atoms with Crippen LogP contribution >= 0.6 is 15.9 Å². The largest absolute Gasteiger partial charge is 0.378 e. The van der Waals surface area contributed by atoms with Crippen LogP contribution < -0.4 is 5.32 Å². The number of halogens is 2. The minimum atomic E-state index is -0.250. The molecule has 0 bridgehead atoms. The molecule has 0 aliphatic heterocycles. The SMILES string of the molecule is CC(Nc1cccc2ccncc12)c1ccc(F)c(Br)c1. The average Bonchev–Trinajstić information content (AvgIpc) is 2.50. The normalized spacial score (nSPS) is 12.3. The van der Waals surface area contributed by atoms with Crippen molar-refractivity contribution >= 4 is 32.4 Å². The Morgan fingerprint density at radius 3 is 2.86 bits per heavy atom.